The summed E-state index contributed by atoms with van der Waals surface area (Å²) in [4.78, 5) is 37.9. The zero-order valence-corrected chi connectivity index (χ0v) is 26.6. The van der Waals surface area contributed by atoms with Crippen LogP contribution in [-0.2, 0) is 14.3 Å². The monoisotopic (exact) mass is 576 g/mol. The number of unbranched alkanes of at least 4 members (excludes halogenated alkanes) is 1. The Morgan fingerprint density at radius 1 is 0.850 bits per heavy atom. The van der Waals surface area contributed by atoms with E-state index in [9.17, 15) is 14.4 Å². The van der Waals surface area contributed by atoms with Crippen LogP contribution < -0.4 is 15.9 Å². The van der Waals surface area contributed by atoms with Crippen LogP contribution in [0.3, 0.4) is 0 Å². The van der Waals surface area contributed by atoms with Gasteiger partial charge in [-0.05, 0) is 65.5 Å². The molecule has 0 fully saturated rings. The molecule has 0 unspecified atom stereocenters. The maximum absolute atomic E-state index is 14.1. The van der Waals surface area contributed by atoms with Gasteiger partial charge in [0.15, 0.2) is 14.1 Å². The summed E-state index contributed by atoms with van der Waals surface area (Å²) in [6.45, 7) is 7.98. The molecule has 40 heavy (non-hydrogen) atoms. The number of hydrogen-bond donors (Lipinski definition) is 1. The first kappa shape index (κ1) is 31.8. The lowest BCUT2D eigenvalue weighted by Gasteiger charge is -2.37. The number of rotatable bonds is 14. The van der Waals surface area contributed by atoms with Crippen LogP contribution >= 0.6 is 6.89 Å². The topological polar surface area (TPSA) is 63.6 Å². The lowest BCUT2D eigenvalue weighted by molar-refractivity contribution is -0.145. The number of benzene rings is 3. The molecule has 0 amide bonds. The largest absolute Gasteiger partial charge is 0.466 e. The van der Waals surface area contributed by atoms with Crippen molar-refractivity contribution in [2.45, 2.75) is 71.0 Å². The van der Waals surface area contributed by atoms with Crippen molar-refractivity contribution < 1.29 is 19.1 Å². The predicted octanol–water partition coefficient (Wildman–Crippen LogP) is 6.46. The van der Waals surface area contributed by atoms with Crippen molar-refractivity contribution in [3.05, 3.63) is 91.0 Å². The van der Waals surface area contributed by atoms with Crippen LogP contribution in [0, 0.1) is 5.92 Å². The number of carbonyl (C=O) groups is 2. The molecule has 1 N–H and O–H groups in total. The first-order chi connectivity index (χ1) is 19.0. The highest BCUT2D eigenvalue weighted by atomic mass is 31.2. The summed E-state index contributed by atoms with van der Waals surface area (Å²) in [6, 6.07) is 30.8. The lowest BCUT2D eigenvalue weighted by atomic mass is 9.89. The summed E-state index contributed by atoms with van der Waals surface area (Å²) in [5.74, 6) is 1.48. The van der Waals surface area contributed by atoms with Crippen LogP contribution in [0.1, 0.15) is 52.9 Å². The van der Waals surface area contributed by atoms with Gasteiger partial charge in [0, 0.05) is 12.8 Å². The number of hydrogen-bond acceptors (Lipinski definition) is 4. The number of ketones is 1. The summed E-state index contributed by atoms with van der Waals surface area (Å²) in [5, 5.41) is 2.97. The molecule has 0 radical (unpaired) electrons. The Morgan fingerprint density at radius 3 is 1.70 bits per heavy atom. The minimum absolute atomic E-state index is 0.0180. The highest BCUT2D eigenvalue weighted by molar-refractivity contribution is 7.95. The van der Waals surface area contributed by atoms with Gasteiger partial charge in [0.2, 0.25) is 0 Å². The summed E-state index contributed by atoms with van der Waals surface area (Å²) in [5.41, 5.74) is 0. The van der Waals surface area contributed by atoms with E-state index in [4.69, 9.17) is 4.74 Å². The molecule has 3 rings (SSSR count). The maximum atomic E-state index is 14.1. The predicted molar refractivity (Wildman–Crippen MR) is 173 cm³/mol. The average Bonchev–Trinajstić information content (AvgIpc) is 2.92. The third-order valence-electron chi connectivity index (χ3n) is 7.99. The molecule has 1 atom stereocenters. The van der Waals surface area contributed by atoms with E-state index in [1.54, 1.807) is 0 Å². The smallest absolute Gasteiger partial charge is 0.306 e. The van der Waals surface area contributed by atoms with Gasteiger partial charge >= 0.3 is 5.97 Å². The van der Waals surface area contributed by atoms with Crippen molar-refractivity contribution in [2.24, 2.45) is 5.92 Å². The van der Waals surface area contributed by atoms with Crippen molar-refractivity contribution in [3.8, 4) is 0 Å². The van der Waals surface area contributed by atoms with Crippen LogP contribution in [0.2, 0.25) is 18.1 Å². The quantitative estimate of drug-likeness (QED) is 0.104. The molecule has 0 heterocycles. The van der Waals surface area contributed by atoms with Crippen LogP contribution in [0.15, 0.2) is 91.0 Å². The van der Waals surface area contributed by atoms with Gasteiger partial charge in [0.05, 0.1) is 6.61 Å². The summed E-state index contributed by atoms with van der Waals surface area (Å²) < 4.78 is 5.50. The van der Waals surface area contributed by atoms with E-state index in [2.05, 4.69) is 57.2 Å². The molecule has 0 bridgehead atoms. The SMILES string of the molecule is CCCCOC(=O)C[C@@H](CC(=O)C=P(c1ccccc1)(c1ccccc1)c1ccccc1)CC(C)(C)[Si](C)(C)O. The molecule has 6 heteroatoms. The van der Waals surface area contributed by atoms with Crippen LogP contribution in [0.25, 0.3) is 0 Å². The van der Waals surface area contributed by atoms with E-state index in [0.717, 1.165) is 28.8 Å². The Labute approximate surface area is 241 Å². The molecule has 0 aromatic heterocycles. The molecule has 0 aliphatic carbocycles. The minimum atomic E-state index is -2.55. The summed E-state index contributed by atoms with van der Waals surface area (Å²) >= 11 is 0. The third kappa shape index (κ3) is 8.16. The van der Waals surface area contributed by atoms with Gasteiger partial charge in [-0.3, -0.25) is 9.59 Å². The lowest BCUT2D eigenvalue weighted by Crippen LogP contribution is -2.40. The second-order valence-corrected chi connectivity index (χ2v) is 19.5. The standard InChI is InChI=1S/C34H45O4PSi/c1-6-7-23-38-33(36)25-28(26-34(2,3)40(4,5)37)24-29(35)27-39(30-17-11-8-12-18-30,31-19-13-9-14-20-31)32-21-15-10-16-22-32/h8-22,27-28,37H,6-7,23-26H2,1-5H3/t28-/m1/s1. The Kier molecular flexibility index (Phi) is 11.3. The number of esters is 1. The van der Waals surface area contributed by atoms with Gasteiger partial charge in [0.25, 0.3) is 0 Å². The molecule has 3 aromatic rings. The molecule has 3 aromatic carbocycles. The van der Waals surface area contributed by atoms with Crippen molar-refractivity contribution in [1.82, 2.24) is 0 Å². The summed E-state index contributed by atoms with van der Waals surface area (Å²) in [6.07, 6.45) is 2.75. The second kappa shape index (κ2) is 14.3. The van der Waals surface area contributed by atoms with Crippen LogP contribution in [-0.4, -0.2) is 37.3 Å². The van der Waals surface area contributed by atoms with Gasteiger partial charge in [-0.1, -0.05) is 118 Å². The van der Waals surface area contributed by atoms with E-state index in [0.29, 0.717) is 13.0 Å². The Balaban J connectivity index is 2.09. The minimum Gasteiger partial charge on any atom is -0.466 e. The van der Waals surface area contributed by atoms with Crippen molar-refractivity contribution in [3.63, 3.8) is 0 Å². The van der Waals surface area contributed by atoms with Crippen molar-refractivity contribution >= 4 is 48.7 Å². The fraction of sp³-hybridized carbons (Fsp3) is 0.382. The normalized spacial score (nSPS) is 12.9. The molecule has 0 saturated heterocycles. The van der Waals surface area contributed by atoms with E-state index in [1.165, 1.54) is 0 Å². The van der Waals surface area contributed by atoms with E-state index in [1.807, 2.05) is 73.5 Å². The maximum Gasteiger partial charge on any atom is 0.306 e. The fourth-order valence-corrected chi connectivity index (χ4v) is 9.62. The van der Waals surface area contributed by atoms with E-state index >= 15 is 0 Å². The molecular weight excluding hydrogens is 531 g/mol. The van der Waals surface area contributed by atoms with Crippen LogP contribution in [0.5, 0.6) is 0 Å². The first-order valence-corrected chi connectivity index (χ1v) is 19.1. The second-order valence-electron chi connectivity index (χ2n) is 11.8. The van der Waals surface area contributed by atoms with Gasteiger partial charge < -0.3 is 9.53 Å². The fourth-order valence-electron chi connectivity index (χ4n) is 5.03. The Morgan fingerprint density at radius 2 is 1.30 bits per heavy atom. The molecule has 0 aliphatic rings. The van der Waals surface area contributed by atoms with E-state index in [-0.39, 0.29) is 35.6 Å². The number of ether oxygens (including phenoxy) is 1. The van der Waals surface area contributed by atoms with Gasteiger partial charge in [-0.25, -0.2) is 0 Å². The Bertz CT molecular complexity index is 1180. The average molecular weight is 577 g/mol. The Hall–Kier alpha value is -2.72. The zero-order chi connectivity index (χ0) is 29.2. The van der Waals surface area contributed by atoms with Crippen molar-refractivity contribution in [2.75, 3.05) is 6.61 Å². The molecule has 214 valence electrons. The molecule has 4 nitrogen and oxygen atoms in total. The van der Waals surface area contributed by atoms with Crippen LogP contribution in [0.4, 0.5) is 0 Å². The highest BCUT2D eigenvalue weighted by Crippen LogP contribution is 2.45. The summed E-state index contributed by atoms with van der Waals surface area (Å²) in [7, 11) is -2.55. The molecule has 0 spiro atoms. The third-order valence-corrected chi connectivity index (χ3v) is 15.5. The molecule has 0 aliphatic heterocycles. The molecular formula is C34H45O4PSi. The van der Waals surface area contributed by atoms with Gasteiger partial charge in [0.1, 0.15) is 0 Å². The first-order valence-electron chi connectivity index (χ1n) is 14.3. The van der Waals surface area contributed by atoms with Gasteiger partial charge in [-0.15, -0.1) is 0 Å². The highest BCUT2D eigenvalue weighted by Gasteiger charge is 2.40. The number of carbonyl (C=O) groups excluding carboxylic acids is 2. The van der Waals surface area contributed by atoms with Gasteiger partial charge in [-0.2, -0.15) is 0 Å². The van der Waals surface area contributed by atoms with Crippen molar-refractivity contribution in [1.29, 1.82) is 0 Å². The number of Topliss-reactive ketones (excluding diaryl/α,β-unsaturated/α-hetero) is 1. The molecule has 0 saturated carbocycles. The van der Waals surface area contributed by atoms with E-state index < -0.39 is 15.2 Å². The zero-order valence-electron chi connectivity index (χ0n) is 24.7.